The Morgan fingerprint density at radius 3 is 2.48 bits per heavy atom. The fourth-order valence-corrected chi connectivity index (χ4v) is 4.21. The lowest BCUT2D eigenvalue weighted by atomic mass is 10.2. The van der Waals surface area contributed by atoms with Crippen molar-refractivity contribution >= 4 is 17.4 Å². The zero-order valence-electron chi connectivity index (χ0n) is 18.0. The highest BCUT2D eigenvalue weighted by Crippen LogP contribution is 2.24. The Morgan fingerprint density at radius 1 is 1.03 bits per heavy atom. The molecule has 1 aliphatic heterocycles. The molecule has 6 heteroatoms. The van der Waals surface area contributed by atoms with Crippen LogP contribution in [0.15, 0.2) is 79.0 Å². The molecule has 2 heterocycles. The molecular formula is C25H29N5O. The summed E-state index contributed by atoms with van der Waals surface area (Å²) in [7, 11) is 2.02. The first kappa shape index (κ1) is 21.0. The molecule has 0 bridgehead atoms. The summed E-state index contributed by atoms with van der Waals surface area (Å²) in [6.45, 7) is 2.73. The van der Waals surface area contributed by atoms with E-state index < -0.39 is 0 Å². The molecule has 4 rings (SSSR count). The summed E-state index contributed by atoms with van der Waals surface area (Å²) in [5.41, 5.74) is 2.04. The summed E-state index contributed by atoms with van der Waals surface area (Å²) in [5.74, 6) is 1.02. The summed E-state index contributed by atoms with van der Waals surface area (Å²) in [6, 6.07) is 24.3. The van der Waals surface area contributed by atoms with Crippen LogP contribution in [0, 0.1) is 0 Å². The maximum Gasteiger partial charge on any atom is 0.241 e. The summed E-state index contributed by atoms with van der Waals surface area (Å²) < 4.78 is 0. The second kappa shape index (κ2) is 10.2. The van der Waals surface area contributed by atoms with Gasteiger partial charge in [0, 0.05) is 31.0 Å². The van der Waals surface area contributed by atoms with Crippen molar-refractivity contribution in [1.29, 1.82) is 0 Å². The molecule has 0 aliphatic carbocycles. The minimum atomic E-state index is 0.0987. The zero-order valence-corrected chi connectivity index (χ0v) is 18.0. The number of aromatic nitrogens is 2. The van der Waals surface area contributed by atoms with E-state index in [1.807, 2.05) is 72.6 Å². The largest absolute Gasteiger partial charge is 0.351 e. The topological polar surface area (TPSA) is 52.6 Å². The monoisotopic (exact) mass is 415 g/mol. The van der Waals surface area contributed by atoms with Gasteiger partial charge in [-0.15, -0.1) is 5.10 Å². The van der Waals surface area contributed by atoms with Gasteiger partial charge in [0.15, 0.2) is 5.82 Å². The molecular weight excluding hydrogens is 386 g/mol. The zero-order chi connectivity index (χ0) is 21.5. The lowest BCUT2D eigenvalue weighted by Gasteiger charge is -2.30. The van der Waals surface area contributed by atoms with Gasteiger partial charge in [-0.25, -0.2) is 0 Å². The van der Waals surface area contributed by atoms with E-state index >= 15 is 0 Å². The van der Waals surface area contributed by atoms with Crippen LogP contribution in [0.25, 0.3) is 0 Å². The predicted octanol–water partition coefficient (Wildman–Crippen LogP) is 3.61. The lowest BCUT2D eigenvalue weighted by Crippen LogP contribution is -2.44. The van der Waals surface area contributed by atoms with Crippen molar-refractivity contribution in [1.82, 2.24) is 15.1 Å². The van der Waals surface area contributed by atoms with E-state index in [-0.39, 0.29) is 5.91 Å². The summed E-state index contributed by atoms with van der Waals surface area (Å²) in [6.07, 6.45) is 3.93. The van der Waals surface area contributed by atoms with E-state index in [1.54, 1.807) is 6.20 Å². The van der Waals surface area contributed by atoms with Gasteiger partial charge in [-0.1, -0.05) is 48.5 Å². The maximum atomic E-state index is 13.3. The standard InChI is InChI=1S/C25H29N5O/c1-28(19-23-14-9-17-29(23)24-15-8-16-26-27-24)20-25(31)30(22-12-6-3-7-13-22)18-21-10-4-2-5-11-21/h2-8,10-13,15-16,23H,9,14,17-20H2,1H3. The molecule has 1 saturated heterocycles. The first-order valence-electron chi connectivity index (χ1n) is 10.8. The third-order valence-corrected chi connectivity index (χ3v) is 5.71. The second-order valence-electron chi connectivity index (χ2n) is 8.07. The van der Waals surface area contributed by atoms with Crippen LogP contribution >= 0.6 is 0 Å². The minimum absolute atomic E-state index is 0.0987. The average Bonchev–Trinajstić information content (AvgIpc) is 3.27. The highest BCUT2D eigenvalue weighted by Gasteiger charge is 2.28. The van der Waals surface area contributed by atoms with E-state index in [9.17, 15) is 4.79 Å². The lowest BCUT2D eigenvalue weighted by molar-refractivity contribution is -0.119. The number of likely N-dealkylation sites (N-methyl/N-ethyl adjacent to an activating group) is 1. The van der Waals surface area contributed by atoms with Crippen LogP contribution in [0.1, 0.15) is 18.4 Å². The van der Waals surface area contributed by atoms with Crippen LogP contribution in [0.4, 0.5) is 11.5 Å². The Balaban J connectivity index is 1.43. The molecule has 1 atom stereocenters. The molecule has 1 unspecified atom stereocenters. The quantitative estimate of drug-likeness (QED) is 0.563. The fraction of sp³-hybridized carbons (Fsp3) is 0.320. The van der Waals surface area contributed by atoms with Gasteiger partial charge >= 0.3 is 0 Å². The normalized spacial score (nSPS) is 15.9. The fourth-order valence-electron chi connectivity index (χ4n) is 4.21. The van der Waals surface area contributed by atoms with Crippen LogP contribution in [0.5, 0.6) is 0 Å². The van der Waals surface area contributed by atoms with Gasteiger partial charge in [-0.3, -0.25) is 9.69 Å². The molecule has 1 fully saturated rings. The van der Waals surface area contributed by atoms with Crippen LogP contribution in [0.3, 0.4) is 0 Å². The molecule has 31 heavy (non-hydrogen) atoms. The van der Waals surface area contributed by atoms with E-state index in [0.29, 0.717) is 19.1 Å². The van der Waals surface area contributed by atoms with Crippen molar-refractivity contribution in [3.8, 4) is 0 Å². The van der Waals surface area contributed by atoms with Crippen molar-refractivity contribution in [2.24, 2.45) is 0 Å². The molecule has 1 amide bonds. The molecule has 6 nitrogen and oxygen atoms in total. The number of nitrogens with zero attached hydrogens (tertiary/aromatic N) is 5. The van der Waals surface area contributed by atoms with Gasteiger partial charge in [0.25, 0.3) is 0 Å². The number of hydrogen-bond acceptors (Lipinski definition) is 5. The van der Waals surface area contributed by atoms with Gasteiger partial charge in [0.1, 0.15) is 0 Å². The molecule has 1 aromatic heterocycles. The van der Waals surface area contributed by atoms with E-state index in [2.05, 4.69) is 32.1 Å². The molecule has 160 valence electrons. The first-order valence-corrected chi connectivity index (χ1v) is 10.8. The van der Waals surface area contributed by atoms with Crippen molar-refractivity contribution in [3.05, 3.63) is 84.6 Å². The highest BCUT2D eigenvalue weighted by molar-refractivity contribution is 5.94. The highest BCUT2D eigenvalue weighted by atomic mass is 16.2. The third kappa shape index (κ3) is 5.47. The number of anilines is 2. The minimum Gasteiger partial charge on any atom is -0.351 e. The number of carbonyl (C=O) groups excluding carboxylic acids is 1. The summed E-state index contributed by atoms with van der Waals surface area (Å²) in [5, 5.41) is 8.30. The number of benzene rings is 2. The second-order valence-corrected chi connectivity index (χ2v) is 8.07. The van der Waals surface area contributed by atoms with Gasteiger partial charge in [-0.2, -0.15) is 5.10 Å². The molecule has 1 aliphatic rings. The van der Waals surface area contributed by atoms with Crippen LogP contribution in [0.2, 0.25) is 0 Å². The summed E-state index contributed by atoms with van der Waals surface area (Å²) in [4.78, 5) is 19.6. The Bertz CT molecular complexity index is 951. The van der Waals surface area contributed by atoms with Gasteiger partial charge < -0.3 is 9.80 Å². The van der Waals surface area contributed by atoms with Crippen molar-refractivity contribution in [2.75, 3.05) is 36.5 Å². The van der Waals surface area contributed by atoms with Crippen LogP contribution in [-0.2, 0) is 11.3 Å². The van der Waals surface area contributed by atoms with E-state index in [1.165, 1.54) is 0 Å². The Hall–Kier alpha value is -3.25. The molecule has 2 aromatic carbocycles. The molecule has 0 saturated carbocycles. The van der Waals surface area contributed by atoms with Crippen LogP contribution in [-0.4, -0.2) is 53.7 Å². The van der Waals surface area contributed by atoms with E-state index in [0.717, 1.165) is 43.0 Å². The van der Waals surface area contributed by atoms with Crippen molar-refractivity contribution < 1.29 is 4.79 Å². The number of carbonyl (C=O) groups is 1. The Labute approximate surface area is 184 Å². The van der Waals surface area contributed by atoms with Crippen molar-refractivity contribution in [2.45, 2.75) is 25.4 Å². The smallest absolute Gasteiger partial charge is 0.241 e. The maximum absolute atomic E-state index is 13.3. The Kier molecular flexibility index (Phi) is 6.89. The molecule has 0 spiro atoms. The Morgan fingerprint density at radius 2 is 1.77 bits per heavy atom. The molecule has 0 radical (unpaired) electrons. The summed E-state index contributed by atoms with van der Waals surface area (Å²) >= 11 is 0. The van der Waals surface area contributed by atoms with Gasteiger partial charge in [0.05, 0.1) is 13.1 Å². The predicted molar refractivity (Wildman–Crippen MR) is 124 cm³/mol. The number of amides is 1. The number of hydrogen-bond donors (Lipinski definition) is 0. The van der Waals surface area contributed by atoms with Gasteiger partial charge in [-0.05, 0) is 49.7 Å². The van der Waals surface area contributed by atoms with Crippen molar-refractivity contribution in [3.63, 3.8) is 0 Å². The molecule has 3 aromatic rings. The first-order chi connectivity index (χ1) is 15.2. The third-order valence-electron chi connectivity index (χ3n) is 5.71. The van der Waals surface area contributed by atoms with Crippen LogP contribution < -0.4 is 9.80 Å². The average molecular weight is 416 g/mol. The number of para-hydroxylation sites is 1. The SMILES string of the molecule is CN(CC(=O)N(Cc1ccccc1)c1ccccc1)CC1CCCN1c1cccnn1. The molecule has 0 N–H and O–H groups in total. The van der Waals surface area contributed by atoms with E-state index in [4.69, 9.17) is 0 Å². The van der Waals surface area contributed by atoms with Gasteiger partial charge in [0.2, 0.25) is 5.91 Å². The number of rotatable bonds is 8.